The largest absolute Gasteiger partial charge is 0.308 e. The van der Waals surface area contributed by atoms with Crippen LogP contribution in [0.15, 0.2) is 0 Å². The predicted molar refractivity (Wildman–Crippen MR) is 74.6 cm³/mol. The molecule has 18 heavy (non-hydrogen) atoms. The van der Waals surface area contributed by atoms with Crippen molar-refractivity contribution in [2.24, 2.45) is 11.8 Å². The molecule has 102 valence electrons. The van der Waals surface area contributed by atoms with Crippen molar-refractivity contribution in [1.29, 1.82) is 0 Å². The summed E-state index contributed by atoms with van der Waals surface area (Å²) in [5.41, 5.74) is 0.986. The number of hydrogen-bond acceptors (Lipinski definition) is 2. The number of nitrogens with zero attached hydrogens (tertiary/aromatic N) is 1. The molecule has 3 aliphatic carbocycles. The van der Waals surface area contributed by atoms with Crippen LogP contribution in [0.5, 0.6) is 0 Å². The third-order valence-electron chi connectivity index (χ3n) is 6.23. The molecule has 0 aromatic heterocycles. The van der Waals surface area contributed by atoms with Crippen molar-refractivity contribution in [3.8, 4) is 0 Å². The minimum absolute atomic E-state index is 0.483. The summed E-state index contributed by atoms with van der Waals surface area (Å²) in [6.45, 7) is 6.54. The van der Waals surface area contributed by atoms with Crippen molar-refractivity contribution in [2.75, 3.05) is 19.6 Å². The van der Waals surface area contributed by atoms with E-state index in [0.29, 0.717) is 11.1 Å². The molecule has 0 bridgehead atoms. The highest BCUT2D eigenvalue weighted by molar-refractivity contribution is 5.10. The standard InChI is InChI=1S/C16H28N2/c1-15(14-6-7-14)11-17-16(8-2-3-9-16)12-18(15)10-13-4-5-13/h13-14,17H,2-12H2,1H3. The fraction of sp³-hybridized carbons (Fsp3) is 1.00. The van der Waals surface area contributed by atoms with E-state index in [1.807, 2.05) is 0 Å². The first-order valence-corrected chi connectivity index (χ1v) is 8.20. The maximum absolute atomic E-state index is 3.99. The second kappa shape index (κ2) is 3.96. The quantitative estimate of drug-likeness (QED) is 0.826. The van der Waals surface area contributed by atoms with Gasteiger partial charge in [0.25, 0.3) is 0 Å². The van der Waals surface area contributed by atoms with Crippen LogP contribution in [0.25, 0.3) is 0 Å². The van der Waals surface area contributed by atoms with Crippen LogP contribution in [-0.2, 0) is 0 Å². The summed E-state index contributed by atoms with van der Waals surface area (Å²) in [6.07, 6.45) is 11.7. The number of rotatable bonds is 3. The van der Waals surface area contributed by atoms with Gasteiger partial charge in [-0.3, -0.25) is 4.90 Å². The highest BCUT2D eigenvalue weighted by Crippen LogP contribution is 2.48. The monoisotopic (exact) mass is 248 g/mol. The highest BCUT2D eigenvalue weighted by Gasteiger charge is 2.52. The molecule has 1 heterocycles. The average Bonchev–Trinajstić information content (AvgIpc) is 3.25. The van der Waals surface area contributed by atoms with E-state index in [0.717, 1.165) is 11.8 Å². The molecule has 4 aliphatic rings. The van der Waals surface area contributed by atoms with Gasteiger partial charge in [0.1, 0.15) is 0 Å². The molecular weight excluding hydrogens is 220 g/mol. The minimum atomic E-state index is 0.483. The average molecular weight is 248 g/mol. The van der Waals surface area contributed by atoms with Gasteiger partial charge in [-0.1, -0.05) is 12.8 Å². The molecule has 3 saturated carbocycles. The molecular formula is C16H28N2. The van der Waals surface area contributed by atoms with Crippen LogP contribution in [0.1, 0.15) is 58.3 Å². The Morgan fingerprint density at radius 3 is 2.44 bits per heavy atom. The van der Waals surface area contributed by atoms with E-state index in [9.17, 15) is 0 Å². The lowest BCUT2D eigenvalue weighted by atomic mass is 9.83. The summed E-state index contributed by atoms with van der Waals surface area (Å²) in [7, 11) is 0. The van der Waals surface area contributed by atoms with Crippen LogP contribution in [0.3, 0.4) is 0 Å². The molecule has 0 amide bonds. The second-order valence-electron chi connectivity index (χ2n) is 7.80. The molecule has 0 aromatic carbocycles. The first-order valence-electron chi connectivity index (χ1n) is 8.20. The van der Waals surface area contributed by atoms with E-state index in [4.69, 9.17) is 0 Å². The summed E-state index contributed by atoms with van der Waals surface area (Å²) >= 11 is 0. The summed E-state index contributed by atoms with van der Waals surface area (Å²) in [6, 6.07) is 0. The van der Waals surface area contributed by atoms with Crippen molar-refractivity contribution < 1.29 is 0 Å². The Balaban J connectivity index is 1.53. The van der Waals surface area contributed by atoms with Gasteiger partial charge in [-0.05, 0) is 57.3 Å². The van der Waals surface area contributed by atoms with E-state index in [1.54, 1.807) is 0 Å². The van der Waals surface area contributed by atoms with Crippen molar-refractivity contribution in [1.82, 2.24) is 10.2 Å². The first kappa shape index (κ1) is 11.7. The third kappa shape index (κ3) is 1.92. The van der Waals surface area contributed by atoms with Crippen molar-refractivity contribution in [3.63, 3.8) is 0 Å². The van der Waals surface area contributed by atoms with Crippen LogP contribution in [0.2, 0.25) is 0 Å². The predicted octanol–water partition coefficient (Wildman–Crippen LogP) is 2.78. The Bertz CT molecular complexity index is 326. The zero-order chi connectivity index (χ0) is 12.2. The maximum atomic E-state index is 3.99. The molecule has 2 nitrogen and oxygen atoms in total. The van der Waals surface area contributed by atoms with Gasteiger partial charge in [0.2, 0.25) is 0 Å². The molecule has 1 atom stereocenters. The summed E-state index contributed by atoms with van der Waals surface area (Å²) in [4.78, 5) is 2.92. The van der Waals surface area contributed by atoms with Gasteiger partial charge >= 0.3 is 0 Å². The van der Waals surface area contributed by atoms with Crippen LogP contribution >= 0.6 is 0 Å². The van der Waals surface area contributed by atoms with Crippen LogP contribution < -0.4 is 5.32 Å². The lowest BCUT2D eigenvalue weighted by Gasteiger charge is -2.53. The Morgan fingerprint density at radius 2 is 1.83 bits per heavy atom. The normalized spacial score (nSPS) is 40.5. The molecule has 1 unspecified atom stereocenters. The van der Waals surface area contributed by atoms with Crippen LogP contribution in [0, 0.1) is 11.8 Å². The Kier molecular flexibility index (Phi) is 2.58. The molecule has 1 saturated heterocycles. The molecule has 2 heteroatoms. The maximum Gasteiger partial charge on any atom is 0.0335 e. The lowest BCUT2D eigenvalue weighted by molar-refractivity contribution is -0.000639. The zero-order valence-corrected chi connectivity index (χ0v) is 11.9. The Hall–Kier alpha value is -0.0800. The Labute approximate surface area is 111 Å². The molecule has 4 fully saturated rings. The summed E-state index contributed by atoms with van der Waals surface area (Å²) in [5.74, 6) is 2.03. The molecule has 4 rings (SSSR count). The first-order chi connectivity index (χ1) is 8.70. The molecule has 0 aromatic rings. The highest BCUT2D eigenvalue weighted by atomic mass is 15.3. The van der Waals surface area contributed by atoms with Gasteiger partial charge in [-0.2, -0.15) is 0 Å². The Morgan fingerprint density at radius 1 is 1.11 bits per heavy atom. The fourth-order valence-electron chi connectivity index (χ4n) is 4.46. The second-order valence-corrected chi connectivity index (χ2v) is 7.80. The van der Waals surface area contributed by atoms with Crippen molar-refractivity contribution in [2.45, 2.75) is 69.4 Å². The zero-order valence-electron chi connectivity index (χ0n) is 11.9. The van der Waals surface area contributed by atoms with Gasteiger partial charge in [0.15, 0.2) is 0 Å². The van der Waals surface area contributed by atoms with Gasteiger partial charge < -0.3 is 5.32 Å². The number of nitrogens with one attached hydrogen (secondary N) is 1. The van der Waals surface area contributed by atoms with Crippen LogP contribution in [-0.4, -0.2) is 35.6 Å². The van der Waals surface area contributed by atoms with E-state index < -0.39 is 0 Å². The molecule has 1 aliphatic heterocycles. The van der Waals surface area contributed by atoms with E-state index in [-0.39, 0.29) is 0 Å². The van der Waals surface area contributed by atoms with Gasteiger partial charge in [0, 0.05) is 30.7 Å². The number of piperazine rings is 1. The smallest absolute Gasteiger partial charge is 0.0335 e. The molecule has 1 N–H and O–H groups in total. The fourth-order valence-corrected chi connectivity index (χ4v) is 4.46. The lowest BCUT2D eigenvalue weighted by Crippen LogP contribution is -2.69. The molecule has 0 radical (unpaired) electrons. The van der Waals surface area contributed by atoms with E-state index in [2.05, 4.69) is 17.1 Å². The van der Waals surface area contributed by atoms with Crippen molar-refractivity contribution >= 4 is 0 Å². The van der Waals surface area contributed by atoms with Gasteiger partial charge in [0.05, 0.1) is 0 Å². The SMILES string of the molecule is CC1(C2CC2)CNC2(CCCC2)CN1CC1CC1. The summed E-state index contributed by atoms with van der Waals surface area (Å²) < 4.78 is 0. The van der Waals surface area contributed by atoms with Gasteiger partial charge in [-0.25, -0.2) is 0 Å². The minimum Gasteiger partial charge on any atom is -0.308 e. The van der Waals surface area contributed by atoms with Crippen LogP contribution in [0.4, 0.5) is 0 Å². The van der Waals surface area contributed by atoms with E-state index >= 15 is 0 Å². The topological polar surface area (TPSA) is 15.3 Å². The van der Waals surface area contributed by atoms with Gasteiger partial charge in [-0.15, -0.1) is 0 Å². The number of hydrogen-bond donors (Lipinski definition) is 1. The van der Waals surface area contributed by atoms with E-state index in [1.165, 1.54) is 71.0 Å². The molecule has 1 spiro atoms. The third-order valence-corrected chi connectivity index (χ3v) is 6.23. The van der Waals surface area contributed by atoms with Crippen molar-refractivity contribution in [3.05, 3.63) is 0 Å². The summed E-state index contributed by atoms with van der Waals surface area (Å²) in [5, 5.41) is 3.99.